The summed E-state index contributed by atoms with van der Waals surface area (Å²) in [7, 11) is 1.43. The Balaban J connectivity index is 1.64. The van der Waals surface area contributed by atoms with E-state index in [1.54, 1.807) is 24.3 Å². The van der Waals surface area contributed by atoms with Crippen LogP contribution in [0.4, 0.5) is 0 Å². The van der Waals surface area contributed by atoms with Gasteiger partial charge in [-0.25, -0.2) is 0 Å². The van der Waals surface area contributed by atoms with Crippen molar-refractivity contribution in [2.45, 2.75) is 64.8 Å². The molecule has 4 N–H and O–H groups in total. The van der Waals surface area contributed by atoms with E-state index in [1.165, 1.54) is 18.3 Å². The molecule has 0 saturated heterocycles. The van der Waals surface area contributed by atoms with Crippen molar-refractivity contribution in [2.24, 2.45) is 0 Å². The van der Waals surface area contributed by atoms with Crippen molar-refractivity contribution in [3.05, 3.63) is 53.1 Å². The van der Waals surface area contributed by atoms with Gasteiger partial charge in [-0.05, 0) is 74.4 Å². The van der Waals surface area contributed by atoms with Gasteiger partial charge in [0.25, 0.3) is 5.91 Å². The molecular formula is C30H44N4O6. The summed E-state index contributed by atoms with van der Waals surface area (Å²) in [5.41, 5.74) is 3.30. The fourth-order valence-electron chi connectivity index (χ4n) is 4.42. The van der Waals surface area contributed by atoms with Gasteiger partial charge in [-0.2, -0.15) is 0 Å². The zero-order valence-corrected chi connectivity index (χ0v) is 24.0. The predicted molar refractivity (Wildman–Crippen MR) is 154 cm³/mol. The number of allylic oxidation sites excluding steroid dienone is 3. The smallest absolute Gasteiger partial charge is 0.251 e. The zero-order chi connectivity index (χ0) is 29.2. The highest BCUT2D eigenvalue weighted by molar-refractivity contribution is 5.94. The number of carbonyl (C=O) groups is 4. The Labute approximate surface area is 237 Å². The van der Waals surface area contributed by atoms with Crippen molar-refractivity contribution in [3.8, 4) is 5.75 Å². The van der Waals surface area contributed by atoms with Crippen LogP contribution in [0, 0.1) is 0 Å². The molecule has 0 spiro atoms. The molecule has 2 rings (SSSR count). The molecule has 10 heteroatoms. The minimum Gasteiger partial charge on any atom is -0.492 e. The molecule has 0 unspecified atom stereocenters. The van der Waals surface area contributed by atoms with E-state index in [-0.39, 0.29) is 68.8 Å². The maximum Gasteiger partial charge on any atom is 0.251 e. The molecule has 1 atom stereocenters. The first kappa shape index (κ1) is 32.6. The van der Waals surface area contributed by atoms with Crippen molar-refractivity contribution in [2.75, 3.05) is 40.0 Å². The van der Waals surface area contributed by atoms with Crippen LogP contribution in [0.3, 0.4) is 0 Å². The lowest BCUT2D eigenvalue weighted by molar-refractivity contribution is -0.126. The number of amides is 4. The fourth-order valence-corrected chi connectivity index (χ4v) is 4.42. The van der Waals surface area contributed by atoms with E-state index in [4.69, 9.17) is 9.47 Å². The Hall–Kier alpha value is -3.66. The molecule has 1 aromatic rings. The van der Waals surface area contributed by atoms with Gasteiger partial charge in [0, 0.05) is 44.6 Å². The minimum atomic E-state index is -0.268. The third-order valence-corrected chi connectivity index (χ3v) is 6.45. The van der Waals surface area contributed by atoms with Gasteiger partial charge in [-0.15, -0.1) is 0 Å². The van der Waals surface area contributed by atoms with Crippen LogP contribution < -0.4 is 26.0 Å². The summed E-state index contributed by atoms with van der Waals surface area (Å²) in [5, 5.41) is 11.1. The second-order valence-electron chi connectivity index (χ2n) is 9.57. The molecule has 1 aromatic carbocycles. The molecule has 0 radical (unpaired) electrons. The molecule has 1 aliphatic rings. The lowest BCUT2D eigenvalue weighted by atomic mass is 9.99. The van der Waals surface area contributed by atoms with Crippen LogP contribution in [0.2, 0.25) is 0 Å². The van der Waals surface area contributed by atoms with E-state index in [0.29, 0.717) is 17.9 Å². The van der Waals surface area contributed by atoms with Crippen LogP contribution in [0.25, 0.3) is 0 Å². The largest absolute Gasteiger partial charge is 0.492 e. The molecule has 220 valence electrons. The number of hydrogen-bond donors (Lipinski definition) is 4. The van der Waals surface area contributed by atoms with Crippen LogP contribution in [0.15, 0.2) is 47.6 Å². The second-order valence-corrected chi connectivity index (χ2v) is 9.57. The van der Waals surface area contributed by atoms with Crippen LogP contribution in [-0.2, 0) is 19.1 Å². The van der Waals surface area contributed by atoms with Crippen LogP contribution >= 0.6 is 0 Å². The molecule has 10 nitrogen and oxygen atoms in total. The summed E-state index contributed by atoms with van der Waals surface area (Å²) in [6, 6.07) is 7.07. The third-order valence-electron chi connectivity index (χ3n) is 6.45. The number of hydrogen-bond acceptors (Lipinski definition) is 6. The van der Waals surface area contributed by atoms with Gasteiger partial charge in [0.2, 0.25) is 17.7 Å². The van der Waals surface area contributed by atoms with E-state index >= 15 is 0 Å². The van der Waals surface area contributed by atoms with Gasteiger partial charge in [0.15, 0.2) is 0 Å². The van der Waals surface area contributed by atoms with Gasteiger partial charge >= 0.3 is 0 Å². The molecule has 4 amide bonds. The Kier molecular flexibility index (Phi) is 15.1. The highest BCUT2D eigenvalue weighted by Crippen LogP contribution is 2.28. The molecule has 0 aliphatic heterocycles. The summed E-state index contributed by atoms with van der Waals surface area (Å²) >= 11 is 0. The fraction of sp³-hybridized carbons (Fsp3) is 0.533. The molecule has 1 aliphatic carbocycles. The predicted octanol–water partition coefficient (Wildman–Crippen LogP) is 2.80. The number of nitrogens with one attached hydrogen (secondary N) is 4. The topological polar surface area (TPSA) is 135 Å². The normalized spacial score (nSPS) is 17.1. The summed E-state index contributed by atoms with van der Waals surface area (Å²) in [6.45, 7) is 5.29. The molecule has 0 heterocycles. The van der Waals surface area contributed by atoms with E-state index in [2.05, 4.69) is 47.3 Å². The van der Waals surface area contributed by atoms with Crippen molar-refractivity contribution >= 4 is 23.6 Å². The Bertz CT molecular complexity index is 1040. The number of methoxy groups -OCH3 is 1. The monoisotopic (exact) mass is 556 g/mol. The maximum absolute atomic E-state index is 12.8. The maximum atomic E-state index is 12.8. The average molecular weight is 557 g/mol. The quantitative estimate of drug-likeness (QED) is 0.194. The van der Waals surface area contributed by atoms with Crippen LogP contribution in [0.5, 0.6) is 5.75 Å². The van der Waals surface area contributed by atoms with Gasteiger partial charge in [-0.3, -0.25) is 19.2 Å². The summed E-state index contributed by atoms with van der Waals surface area (Å²) in [6.07, 6.45) is 9.49. The first-order valence-corrected chi connectivity index (χ1v) is 14.0. The molecule has 1 fully saturated rings. The van der Waals surface area contributed by atoms with E-state index in [9.17, 15) is 19.2 Å². The van der Waals surface area contributed by atoms with E-state index < -0.39 is 0 Å². The minimum absolute atomic E-state index is 0.0309. The Morgan fingerprint density at radius 2 is 1.57 bits per heavy atom. The first-order valence-electron chi connectivity index (χ1n) is 14.0. The number of benzene rings is 1. The molecule has 0 bridgehead atoms. The zero-order valence-electron chi connectivity index (χ0n) is 24.0. The lowest BCUT2D eigenvalue weighted by Gasteiger charge is -2.18. The highest BCUT2D eigenvalue weighted by Gasteiger charge is 2.20. The standard InChI is InChI=1S/C30H44N4O6/c1-4-7-23-8-6-9-25(20-22(23)5-2)34-30(38)24-10-12-26(13-11-24)40-19-18-33-28(36)15-14-27(35)31-16-17-32-29(37)21-39-3/h5,7,10-13,25H,4,6,8-9,14-21H2,1-3H3,(H,31,35)(H,32,37)(H,33,36)(H,34,38)/b22-5-,23-7-/t25-/m1/s1. The van der Waals surface area contributed by atoms with E-state index in [1.807, 2.05) is 0 Å². The Morgan fingerprint density at radius 1 is 0.925 bits per heavy atom. The number of carbonyl (C=O) groups excluding carboxylic acids is 4. The third kappa shape index (κ3) is 12.5. The number of ether oxygens (including phenoxy) is 2. The van der Waals surface area contributed by atoms with Crippen molar-refractivity contribution < 1.29 is 28.7 Å². The molecule has 40 heavy (non-hydrogen) atoms. The summed E-state index contributed by atoms with van der Waals surface area (Å²) in [5.74, 6) is -0.274. The number of rotatable bonds is 15. The SMILES string of the molecule is C/C=C1/C[C@H](NC(=O)c2ccc(OCCNC(=O)CCC(=O)NCCNC(=O)COC)cc2)CCC/C1=C/CC. The van der Waals surface area contributed by atoms with Crippen LogP contribution in [0.1, 0.15) is 69.2 Å². The summed E-state index contributed by atoms with van der Waals surface area (Å²) in [4.78, 5) is 47.9. The first-order chi connectivity index (χ1) is 19.4. The van der Waals surface area contributed by atoms with Gasteiger partial charge in [-0.1, -0.05) is 19.1 Å². The van der Waals surface area contributed by atoms with Crippen molar-refractivity contribution in [1.29, 1.82) is 0 Å². The highest BCUT2D eigenvalue weighted by atomic mass is 16.5. The second kappa shape index (κ2) is 18.6. The van der Waals surface area contributed by atoms with Gasteiger partial charge in [0.1, 0.15) is 19.0 Å². The average Bonchev–Trinajstić information content (AvgIpc) is 3.14. The van der Waals surface area contributed by atoms with Crippen LogP contribution in [-0.4, -0.2) is 69.6 Å². The molecular weight excluding hydrogens is 512 g/mol. The molecule has 1 saturated carbocycles. The molecule has 0 aromatic heterocycles. The van der Waals surface area contributed by atoms with Gasteiger partial charge in [0.05, 0.1) is 6.54 Å². The van der Waals surface area contributed by atoms with Crippen molar-refractivity contribution in [3.63, 3.8) is 0 Å². The summed E-state index contributed by atoms with van der Waals surface area (Å²) < 4.78 is 10.4. The Morgan fingerprint density at radius 3 is 2.20 bits per heavy atom. The van der Waals surface area contributed by atoms with E-state index in [0.717, 1.165) is 32.1 Å². The van der Waals surface area contributed by atoms with Crippen molar-refractivity contribution in [1.82, 2.24) is 21.3 Å². The van der Waals surface area contributed by atoms with Gasteiger partial charge < -0.3 is 30.7 Å². The lowest BCUT2D eigenvalue weighted by Crippen LogP contribution is -2.36.